The average molecular weight is 289 g/mol. The van der Waals surface area contributed by atoms with Gasteiger partial charge in [-0.25, -0.2) is 9.78 Å². The predicted octanol–water partition coefficient (Wildman–Crippen LogP) is 3.49. The van der Waals surface area contributed by atoms with Crippen molar-refractivity contribution >= 4 is 5.97 Å². The molecule has 1 N–H and O–H groups in total. The number of carbonyl (C=O) groups is 1. The van der Waals surface area contributed by atoms with Crippen LogP contribution in [0.5, 0.6) is 5.75 Å². The van der Waals surface area contributed by atoms with Crippen LogP contribution in [-0.2, 0) is 10.2 Å². The average Bonchev–Trinajstić information content (AvgIpc) is 2.89. The van der Waals surface area contributed by atoms with Crippen LogP contribution in [0, 0.1) is 0 Å². The van der Waals surface area contributed by atoms with E-state index in [1.54, 1.807) is 18.3 Å². The number of oxazole rings is 1. The molecule has 0 aliphatic carbocycles. The van der Waals surface area contributed by atoms with Gasteiger partial charge in [0.05, 0.1) is 6.20 Å². The van der Waals surface area contributed by atoms with Crippen molar-refractivity contribution in [3.05, 3.63) is 36.4 Å². The summed E-state index contributed by atoms with van der Waals surface area (Å²) in [4.78, 5) is 15.0. The number of hydrogen-bond acceptors (Lipinski definition) is 4. The summed E-state index contributed by atoms with van der Waals surface area (Å²) in [5.74, 6) is 0.864. The Balaban J connectivity index is 2.15. The van der Waals surface area contributed by atoms with Gasteiger partial charge in [0.1, 0.15) is 5.75 Å². The number of carboxylic acid groups (broad SMARTS) is 1. The molecule has 21 heavy (non-hydrogen) atoms. The lowest BCUT2D eigenvalue weighted by atomic mass is 9.97. The number of hydrogen-bond donors (Lipinski definition) is 1. The zero-order valence-electron chi connectivity index (χ0n) is 12.6. The zero-order valence-corrected chi connectivity index (χ0v) is 12.6. The lowest BCUT2D eigenvalue weighted by molar-refractivity contribution is -0.144. The first-order chi connectivity index (χ1) is 9.77. The molecular weight excluding hydrogens is 270 g/mol. The molecule has 5 heteroatoms. The Morgan fingerprint density at radius 1 is 1.29 bits per heavy atom. The van der Waals surface area contributed by atoms with Crippen LogP contribution in [0.15, 0.2) is 34.9 Å². The first-order valence-corrected chi connectivity index (χ1v) is 6.73. The van der Waals surface area contributed by atoms with Crippen LogP contribution >= 0.6 is 0 Å². The summed E-state index contributed by atoms with van der Waals surface area (Å²) in [5.41, 5.74) is 0.728. The van der Waals surface area contributed by atoms with Gasteiger partial charge >= 0.3 is 5.97 Å². The van der Waals surface area contributed by atoms with Gasteiger partial charge < -0.3 is 14.3 Å². The van der Waals surface area contributed by atoms with Gasteiger partial charge in [-0.3, -0.25) is 0 Å². The summed E-state index contributed by atoms with van der Waals surface area (Å²) in [6.07, 6.45) is 0.810. The second kappa shape index (κ2) is 5.60. The molecule has 5 nitrogen and oxygen atoms in total. The topological polar surface area (TPSA) is 72.6 Å². The zero-order chi connectivity index (χ0) is 15.6. The standard InChI is InChI=1S/C16H19NO4/c1-10(14(18)19)20-12-7-5-11(6-8-12)13-9-17-15(21-13)16(2,3)4/h5-10H,1-4H3,(H,18,19). The maximum Gasteiger partial charge on any atom is 0.344 e. The Morgan fingerprint density at radius 2 is 1.90 bits per heavy atom. The molecule has 1 unspecified atom stereocenters. The summed E-state index contributed by atoms with van der Waals surface area (Å²) < 4.78 is 11.0. The molecule has 2 rings (SSSR count). The normalized spacial score (nSPS) is 13.0. The van der Waals surface area contributed by atoms with Crippen LogP contribution in [0.3, 0.4) is 0 Å². The van der Waals surface area contributed by atoms with Crippen molar-refractivity contribution < 1.29 is 19.1 Å². The van der Waals surface area contributed by atoms with Gasteiger partial charge in [0.25, 0.3) is 0 Å². The van der Waals surface area contributed by atoms with E-state index in [0.29, 0.717) is 17.4 Å². The van der Waals surface area contributed by atoms with E-state index in [4.69, 9.17) is 14.3 Å². The second-order valence-electron chi connectivity index (χ2n) is 5.90. The van der Waals surface area contributed by atoms with Gasteiger partial charge in [-0.2, -0.15) is 0 Å². The van der Waals surface area contributed by atoms with E-state index in [1.165, 1.54) is 6.92 Å². The van der Waals surface area contributed by atoms with Crippen molar-refractivity contribution in [1.29, 1.82) is 0 Å². The lowest BCUT2D eigenvalue weighted by Gasteiger charge is -2.12. The number of rotatable bonds is 4. The van der Waals surface area contributed by atoms with Crippen LogP contribution < -0.4 is 4.74 Å². The molecule has 1 aromatic heterocycles. The third-order valence-corrected chi connectivity index (χ3v) is 2.95. The van der Waals surface area contributed by atoms with Crippen molar-refractivity contribution in [1.82, 2.24) is 4.98 Å². The Bertz CT molecular complexity index is 622. The fourth-order valence-corrected chi connectivity index (χ4v) is 1.71. The SMILES string of the molecule is CC(Oc1ccc(-c2cnc(C(C)(C)C)o2)cc1)C(=O)O. The summed E-state index contributed by atoms with van der Waals surface area (Å²) in [7, 11) is 0. The van der Waals surface area contributed by atoms with Crippen LogP contribution in [0.4, 0.5) is 0 Å². The van der Waals surface area contributed by atoms with Crippen molar-refractivity contribution in [3.63, 3.8) is 0 Å². The van der Waals surface area contributed by atoms with E-state index in [2.05, 4.69) is 4.98 Å². The van der Waals surface area contributed by atoms with Crippen molar-refractivity contribution in [2.45, 2.75) is 39.2 Å². The van der Waals surface area contributed by atoms with E-state index in [1.807, 2.05) is 32.9 Å². The molecule has 0 radical (unpaired) electrons. The fourth-order valence-electron chi connectivity index (χ4n) is 1.71. The largest absolute Gasteiger partial charge is 0.479 e. The third-order valence-electron chi connectivity index (χ3n) is 2.95. The molecule has 0 aliphatic heterocycles. The molecule has 1 aromatic carbocycles. The summed E-state index contributed by atoms with van der Waals surface area (Å²) in [6.45, 7) is 7.59. The molecule has 1 atom stereocenters. The number of aromatic nitrogens is 1. The van der Waals surface area contributed by atoms with Crippen LogP contribution in [0.1, 0.15) is 33.6 Å². The van der Waals surface area contributed by atoms with Gasteiger partial charge in [-0.05, 0) is 31.2 Å². The second-order valence-corrected chi connectivity index (χ2v) is 5.90. The van der Waals surface area contributed by atoms with Gasteiger partial charge in [0.2, 0.25) is 0 Å². The first-order valence-electron chi connectivity index (χ1n) is 6.73. The molecule has 0 bridgehead atoms. The van der Waals surface area contributed by atoms with E-state index >= 15 is 0 Å². The van der Waals surface area contributed by atoms with E-state index in [-0.39, 0.29) is 5.41 Å². The van der Waals surface area contributed by atoms with Gasteiger partial charge in [0.15, 0.2) is 17.8 Å². The molecule has 0 amide bonds. The number of nitrogens with zero attached hydrogens (tertiary/aromatic N) is 1. The van der Waals surface area contributed by atoms with Crippen LogP contribution in [0.25, 0.3) is 11.3 Å². The molecule has 2 aromatic rings. The first kappa shape index (κ1) is 15.1. The van der Waals surface area contributed by atoms with Crippen LogP contribution in [0.2, 0.25) is 0 Å². The molecular formula is C16H19NO4. The Kier molecular flexibility index (Phi) is 4.02. The lowest BCUT2D eigenvalue weighted by Crippen LogP contribution is -2.22. The van der Waals surface area contributed by atoms with Gasteiger partial charge in [-0.1, -0.05) is 20.8 Å². The predicted molar refractivity (Wildman–Crippen MR) is 78.4 cm³/mol. The maximum absolute atomic E-state index is 10.7. The van der Waals surface area contributed by atoms with E-state index in [0.717, 1.165) is 5.56 Å². The molecule has 0 fully saturated rings. The number of ether oxygens (including phenoxy) is 1. The summed E-state index contributed by atoms with van der Waals surface area (Å²) in [6, 6.07) is 7.07. The van der Waals surface area contributed by atoms with Gasteiger partial charge in [0, 0.05) is 11.0 Å². The van der Waals surface area contributed by atoms with Crippen molar-refractivity contribution in [3.8, 4) is 17.1 Å². The van der Waals surface area contributed by atoms with Crippen molar-refractivity contribution in [2.24, 2.45) is 0 Å². The number of aliphatic carboxylic acids is 1. The highest BCUT2D eigenvalue weighted by molar-refractivity contribution is 5.72. The minimum Gasteiger partial charge on any atom is -0.479 e. The van der Waals surface area contributed by atoms with Gasteiger partial charge in [-0.15, -0.1) is 0 Å². The Labute approximate surface area is 123 Å². The highest BCUT2D eigenvalue weighted by atomic mass is 16.5. The van der Waals surface area contributed by atoms with Crippen LogP contribution in [-0.4, -0.2) is 22.2 Å². The third kappa shape index (κ3) is 3.62. The highest BCUT2D eigenvalue weighted by Gasteiger charge is 2.20. The summed E-state index contributed by atoms with van der Waals surface area (Å²) in [5, 5.41) is 8.81. The molecule has 112 valence electrons. The Morgan fingerprint density at radius 3 is 2.38 bits per heavy atom. The molecule has 1 heterocycles. The molecule has 0 saturated carbocycles. The maximum atomic E-state index is 10.7. The van der Waals surface area contributed by atoms with Crippen molar-refractivity contribution in [2.75, 3.05) is 0 Å². The fraction of sp³-hybridized carbons (Fsp3) is 0.375. The smallest absolute Gasteiger partial charge is 0.344 e. The Hall–Kier alpha value is -2.30. The molecule has 0 aliphatic rings. The van der Waals surface area contributed by atoms with E-state index in [9.17, 15) is 4.79 Å². The molecule has 0 spiro atoms. The number of benzene rings is 1. The number of carboxylic acids is 1. The van der Waals surface area contributed by atoms with E-state index < -0.39 is 12.1 Å². The highest BCUT2D eigenvalue weighted by Crippen LogP contribution is 2.28. The monoisotopic (exact) mass is 289 g/mol. The minimum atomic E-state index is -0.996. The quantitative estimate of drug-likeness (QED) is 0.932. The molecule has 0 saturated heterocycles. The summed E-state index contributed by atoms with van der Waals surface area (Å²) >= 11 is 0. The minimum absolute atomic E-state index is 0.141.